The predicted octanol–water partition coefficient (Wildman–Crippen LogP) is 2.15. The highest BCUT2D eigenvalue weighted by Gasteiger charge is 2.27. The third-order valence-electron chi connectivity index (χ3n) is 2.87. The molecule has 8 nitrogen and oxygen atoms in total. The number of nitro groups is 1. The highest BCUT2D eigenvalue weighted by Crippen LogP contribution is 2.37. The second-order valence-corrected chi connectivity index (χ2v) is 5.52. The SMILES string of the molecule is COC(=O)CN(C)c1ncnc(Sc2ccccc2)c1[N+](=O)[O-]. The van der Waals surface area contributed by atoms with E-state index >= 15 is 0 Å². The van der Waals surface area contributed by atoms with Crippen LogP contribution < -0.4 is 4.90 Å². The van der Waals surface area contributed by atoms with Gasteiger partial charge >= 0.3 is 11.7 Å². The molecule has 0 amide bonds. The Kier molecular flexibility index (Phi) is 5.47. The highest BCUT2D eigenvalue weighted by molar-refractivity contribution is 7.99. The molecule has 2 rings (SSSR count). The van der Waals surface area contributed by atoms with Crippen LogP contribution in [0.1, 0.15) is 0 Å². The number of methoxy groups -OCH3 is 1. The number of carbonyl (C=O) groups excluding carboxylic acids is 1. The first-order valence-corrected chi connectivity index (χ1v) is 7.34. The molecular formula is C14H14N4O4S. The lowest BCUT2D eigenvalue weighted by Gasteiger charge is -2.16. The van der Waals surface area contributed by atoms with Gasteiger partial charge in [0, 0.05) is 11.9 Å². The number of ether oxygens (including phenoxy) is 1. The average molecular weight is 334 g/mol. The van der Waals surface area contributed by atoms with E-state index < -0.39 is 10.9 Å². The molecule has 0 N–H and O–H groups in total. The van der Waals surface area contributed by atoms with Crippen molar-refractivity contribution in [1.29, 1.82) is 0 Å². The number of nitrogens with zero attached hydrogens (tertiary/aromatic N) is 4. The number of benzene rings is 1. The van der Waals surface area contributed by atoms with Gasteiger partial charge in [-0.3, -0.25) is 14.9 Å². The minimum atomic E-state index is -0.547. The minimum Gasteiger partial charge on any atom is -0.468 e. The molecule has 2 aromatic rings. The largest absolute Gasteiger partial charge is 0.468 e. The fraction of sp³-hybridized carbons (Fsp3) is 0.214. The molecular weight excluding hydrogens is 320 g/mol. The van der Waals surface area contributed by atoms with Crippen molar-refractivity contribution in [2.24, 2.45) is 0 Å². The summed E-state index contributed by atoms with van der Waals surface area (Å²) in [5.74, 6) is -0.452. The van der Waals surface area contributed by atoms with Gasteiger partial charge in [0.1, 0.15) is 12.9 Å². The predicted molar refractivity (Wildman–Crippen MR) is 84.5 cm³/mol. The van der Waals surface area contributed by atoms with Crippen LogP contribution in [0.15, 0.2) is 46.6 Å². The standard InChI is InChI=1S/C14H14N4O4S/c1-17(8-11(19)22-2)13-12(18(20)21)14(16-9-15-13)23-10-6-4-3-5-7-10/h3-7,9H,8H2,1-2H3. The van der Waals surface area contributed by atoms with Gasteiger partial charge in [-0.05, 0) is 12.1 Å². The van der Waals surface area contributed by atoms with Crippen molar-refractivity contribution in [1.82, 2.24) is 9.97 Å². The highest BCUT2D eigenvalue weighted by atomic mass is 32.2. The Hall–Kier alpha value is -2.68. The van der Waals surface area contributed by atoms with E-state index in [1.807, 2.05) is 30.3 Å². The zero-order valence-electron chi connectivity index (χ0n) is 12.5. The van der Waals surface area contributed by atoms with Gasteiger partial charge in [0.05, 0.1) is 12.0 Å². The fourth-order valence-electron chi connectivity index (χ4n) is 1.80. The topological polar surface area (TPSA) is 98.5 Å². The Morgan fingerprint density at radius 3 is 2.65 bits per heavy atom. The fourth-order valence-corrected chi connectivity index (χ4v) is 2.68. The van der Waals surface area contributed by atoms with Gasteiger partial charge in [0.2, 0.25) is 5.82 Å². The van der Waals surface area contributed by atoms with Crippen LogP contribution in [0, 0.1) is 10.1 Å². The third-order valence-corrected chi connectivity index (χ3v) is 3.87. The van der Waals surface area contributed by atoms with Crippen LogP contribution in [0.3, 0.4) is 0 Å². The number of likely N-dealkylation sites (N-methyl/N-ethyl adjacent to an activating group) is 1. The molecule has 23 heavy (non-hydrogen) atoms. The van der Waals surface area contributed by atoms with Gasteiger partial charge < -0.3 is 9.64 Å². The van der Waals surface area contributed by atoms with Gasteiger partial charge in [-0.15, -0.1) is 0 Å². The first-order chi connectivity index (χ1) is 11.0. The van der Waals surface area contributed by atoms with E-state index in [9.17, 15) is 14.9 Å². The van der Waals surface area contributed by atoms with Gasteiger partial charge in [-0.25, -0.2) is 9.97 Å². The monoisotopic (exact) mass is 334 g/mol. The van der Waals surface area contributed by atoms with E-state index in [0.717, 1.165) is 16.7 Å². The second-order valence-electron chi connectivity index (χ2n) is 4.46. The van der Waals surface area contributed by atoms with Crippen LogP contribution >= 0.6 is 11.8 Å². The van der Waals surface area contributed by atoms with Crippen molar-refractivity contribution in [2.75, 3.05) is 25.6 Å². The van der Waals surface area contributed by atoms with Gasteiger partial charge in [0.15, 0.2) is 5.03 Å². The summed E-state index contributed by atoms with van der Waals surface area (Å²) in [6.07, 6.45) is 1.24. The van der Waals surface area contributed by atoms with Crippen LogP contribution in [0.2, 0.25) is 0 Å². The zero-order chi connectivity index (χ0) is 16.8. The van der Waals surface area contributed by atoms with Gasteiger partial charge in [-0.1, -0.05) is 30.0 Å². The van der Waals surface area contributed by atoms with Crippen molar-refractivity contribution in [3.05, 3.63) is 46.8 Å². The maximum Gasteiger partial charge on any atom is 0.343 e. The van der Waals surface area contributed by atoms with Crippen molar-refractivity contribution in [2.45, 2.75) is 9.92 Å². The van der Waals surface area contributed by atoms with E-state index in [0.29, 0.717) is 0 Å². The molecule has 0 radical (unpaired) electrons. The van der Waals surface area contributed by atoms with E-state index in [2.05, 4.69) is 14.7 Å². The van der Waals surface area contributed by atoms with Crippen molar-refractivity contribution >= 4 is 29.2 Å². The number of hydrogen-bond acceptors (Lipinski definition) is 8. The van der Waals surface area contributed by atoms with Crippen molar-refractivity contribution in [3.63, 3.8) is 0 Å². The number of anilines is 1. The molecule has 0 atom stereocenters. The molecule has 0 aliphatic carbocycles. The molecule has 0 fully saturated rings. The molecule has 9 heteroatoms. The molecule has 0 unspecified atom stereocenters. The summed E-state index contributed by atoms with van der Waals surface area (Å²) in [7, 11) is 2.78. The molecule has 0 aliphatic rings. The first-order valence-electron chi connectivity index (χ1n) is 6.53. The van der Waals surface area contributed by atoms with Crippen LogP contribution in [0.4, 0.5) is 11.5 Å². The molecule has 0 spiro atoms. The summed E-state index contributed by atoms with van der Waals surface area (Å²) in [6, 6.07) is 9.18. The van der Waals surface area contributed by atoms with Crippen molar-refractivity contribution in [3.8, 4) is 0 Å². The smallest absolute Gasteiger partial charge is 0.343 e. The Bertz CT molecular complexity index is 711. The van der Waals surface area contributed by atoms with Gasteiger partial charge in [-0.2, -0.15) is 0 Å². The first kappa shape index (κ1) is 16.7. The van der Waals surface area contributed by atoms with Crippen LogP contribution in [-0.2, 0) is 9.53 Å². The molecule has 1 heterocycles. The van der Waals surface area contributed by atoms with E-state index in [1.54, 1.807) is 0 Å². The minimum absolute atomic E-state index is 0.0637. The average Bonchev–Trinajstić information content (AvgIpc) is 2.55. The molecule has 0 saturated heterocycles. The van der Waals surface area contributed by atoms with Crippen LogP contribution in [0.25, 0.3) is 0 Å². The summed E-state index contributed by atoms with van der Waals surface area (Å²) >= 11 is 1.16. The summed E-state index contributed by atoms with van der Waals surface area (Å²) in [6.45, 7) is -0.149. The second kappa shape index (κ2) is 7.54. The summed E-state index contributed by atoms with van der Waals surface area (Å²) in [5, 5.41) is 11.7. The lowest BCUT2D eigenvalue weighted by molar-refractivity contribution is -0.387. The van der Waals surface area contributed by atoms with Gasteiger partial charge in [0.25, 0.3) is 0 Å². The Morgan fingerprint density at radius 1 is 1.35 bits per heavy atom. The number of carbonyl (C=O) groups is 1. The molecule has 0 aliphatic heterocycles. The molecule has 0 bridgehead atoms. The normalized spacial score (nSPS) is 10.2. The molecule has 0 saturated carbocycles. The molecule has 1 aromatic heterocycles. The maximum atomic E-state index is 11.5. The van der Waals surface area contributed by atoms with E-state index in [1.165, 1.54) is 25.4 Å². The van der Waals surface area contributed by atoms with Crippen molar-refractivity contribution < 1.29 is 14.5 Å². The Balaban J connectivity index is 2.38. The summed E-state index contributed by atoms with van der Waals surface area (Å²) in [4.78, 5) is 32.4. The lowest BCUT2D eigenvalue weighted by atomic mass is 10.4. The quantitative estimate of drug-likeness (QED) is 0.343. The lowest BCUT2D eigenvalue weighted by Crippen LogP contribution is -2.28. The van der Waals surface area contributed by atoms with E-state index in [-0.39, 0.29) is 23.1 Å². The molecule has 1 aromatic carbocycles. The Labute approximate surface area is 136 Å². The Morgan fingerprint density at radius 2 is 2.04 bits per heavy atom. The summed E-state index contributed by atoms with van der Waals surface area (Å²) in [5.41, 5.74) is -0.243. The van der Waals surface area contributed by atoms with Crippen LogP contribution in [0.5, 0.6) is 0 Å². The number of rotatable bonds is 6. The van der Waals surface area contributed by atoms with E-state index in [4.69, 9.17) is 0 Å². The maximum absolute atomic E-state index is 11.5. The van der Waals surface area contributed by atoms with Crippen LogP contribution in [-0.4, -0.2) is 41.6 Å². The zero-order valence-corrected chi connectivity index (χ0v) is 13.3. The molecule has 120 valence electrons. The third kappa shape index (κ3) is 4.16. The number of hydrogen-bond donors (Lipinski definition) is 0. The number of aromatic nitrogens is 2. The number of esters is 1. The summed E-state index contributed by atoms with van der Waals surface area (Å²) < 4.78 is 4.57.